The molecule has 0 amide bonds. The summed E-state index contributed by atoms with van der Waals surface area (Å²) in [7, 11) is 9.05. The normalized spacial score (nSPS) is 10.9. The molecule has 8 heteroatoms. The first-order valence-corrected chi connectivity index (χ1v) is 15.0. The Bertz CT molecular complexity index is 1500. The van der Waals surface area contributed by atoms with E-state index in [1.54, 1.807) is 53.7 Å². The lowest BCUT2D eigenvalue weighted by atomic mass is 10.0. The molecule has 0 spiro atoms. The first-order valence-electron chi connectivity index (χ1n) is 13.3. The molecule has 2 unspecified atom stereocenters. The highest BCUT2D eigenvalue weighted by molar-refractivity contribution is 7.16. The van der Waals surface area contributed by atoms with Gasteiger partial charge in [0, 0.05) is 19.7 Å². The van der Waals surface area contributed by atoms with Crippen LogP contribution < -0.4 is 9.47 Å². The van der Waals surface area contributed by atoms with Gasteiger partial charge in [0.1, 0.15) is 11.5 Å². The monoisotopic (exact) mass is 584 g/mol. The molecule has 6 nitrogen and oxygen atoms in total. The minimum absolute atomic E-state index is 0.400. The lowest BCUT2D eigenvalue weighted by Gasteiger charge is -2.12. The third-order valence-corrected chi connectivity index (χ3v) is 6.86. The summed E-state index contributed by atoms with van der Waals surface area (Å²) in [5.74, 6) is 0.0338. The second kappa shape index (κ2) is 14.7. The molecule has 0 fully saturated rings. The van der Waals surface area contributed by atoms with Gasteiger partial charge in [-0.05, 0) is 96.0 Å². The number of esters is 2. The number of nitrogens with zero attached hydrogens (tertiary/aromatic N) is 2. The van der Waals surface area contributed by atoms with Crippen LogP contribution in [-0.2, 0) is 12.8 Å². The Balaban J connectivity index is 1.50. The molecule has 0 aliphatic rings. The van der Waals surface area contributed by atoms with Gasteiger partial charge in [-0.3, -0.25) is 0 Å². The average molecular weight is 585 g/mol. The molecule has 2 atom stereocenters. The number of hydrogen-bond acceptors (Lipinski definition) is 6. The lowest BCUT2D eigenvalue weighted by Crippen LogP contribution is -2.10. The SMILES string of the molecule is CN(C)/N=C/c1cc(-c2ccc(OC(=O)c3ccc(CCP)cc3)cc2)ccc1OC(=O)c1ccc(CCP)cc1. The van der Waals surface area contributed by atoms with Crippen LogP contribution in [0.1, 0.15) is 37.4 Å². The van der Waals surface area contributed by atoms with E-state index in [4.69, 9.17) is 9.47 Å². The number of carbonyl (C=O) groups excluding carboxylic acids is 2. The van der Waals surface area contributed by atoms with Gasteiger partial charge in [0.2, 0.25) is 0 Å². The van der Waals surface area contributed by atoms with Crippen LogP contribution in [0.15, 0.2) is 96.1 Å². The van der Waals surface area contributed by atoms with Crippen LogP contribution in [0.25, 0.3) is 11.1 Å². The van der Waals surface area contributed by atoms with E-state index in [1.807, 2.05) is 62.6 Å². The Hall–Kier alpha value is -3.85. The van der Waals surface area contributed by atoms with E-state index in [0.717, 1.165) is 36.3 Å². The van der Waals surface area contributed by atoms with E-state index in [-0.39, 0.29) is 0 Å². The van der Waals surface area contributed by atoms with Crippen molar-refractivity contribution < 1.29 is 19.1 Å². The number of hydrazone groups is 1. The predicted octanol–water partition coefficient (Wildman–Crippen LogP) is 6.52. The van der Waals surface area contributed by atoms with Crippen LogP contribution in [-0.4, -0.2) is 49.6 Å². The molecule has 41 heavy (non-hydrogen) atoms. The summed E-state index contributed by atoms with van der Waals surface area (Å²) in [4.78, 5) is 25.5. The van der Waals surface area contributed by atoms with Crippen LogP contribution >= 0.6 is 18.5 Å². The Morgan fingerprint density at radius 1 is 0.707 bits per heavy atom. The summed E-state index contributed by atoms with van der Waals surface area (Å²) < 4.78 is 11.3. The van der Waals surface area contributed by atoms with Crippen LogP contribution in [0.5, 0.6) is 11.5 Å². The standard InChI is InChI=1S/C33H34N2O4P2/c1-35(2)34-22-29-21-28(13-16-31(29)39-33(37)27-9-5-24(6-10-27)18-20-41)25-11-14-30(15-12-25)38-32(36)26-7-3-23(4-8-26)17-19-40/h3-16,21-22H,17-20,40-41H2,1-2H3/b34-22+. The van der Waals surface area contributed by atoms with E-state index in [2.05, 4.69) is 23.6 Å². The maximum absolute atomic E-state index is 12.9. The highest BCUT2D eigenvalue weighted by Crippen LogP contribution is 2.28. The van der Waals surface area contributed by atoms with E-state index in [9.17, 15) is 9.59 Å². The molecule has 4 aromatic carbocycles. The van der Waals surface area contributed by atoms with Crippen molar-refractivity contribution in [2.75, 3.05) is 26.4 Å². The number of benzene rings is 4. The molecule has 0 aliphatic carbocycles. The zero-order valence-electron chi connectivity index (χ0n) is 23.2. The minimum atomic E-state index is -0.431. The Morgan fingerprint density at radius 3 is 1.73 bits per heavy atom. The number of rotatable bonds is 11. The summed E-state index contributed by atoms with van der Waals surface area (Å²) >= 11 is 0. The van der Waals surface area contributed by atoms with Gasteiger partial charge in [0.05, 0.1) is 17.3 Å². The second-order valence-corrected chi connectivity index (χ2v) is 10.8. The molecule has 210 valence electrons. The quantitative estimate of drug-likeness (QED) is 0.0660. The van der Waals surface area contributed by atoms with E-state index < -0.39 is 11.9 Å². The first kappa shape index (κ1) is 30.1. The van der Waals surface area contributed by atoms with Gasteiger partial charge < -0.3 is 14.5 Å². The molecular weight excluding hydrogens is 550 g/mol. The van der Waals surface area contributed by atoms with Crippen molar-refractivity contribution in [3.8, 4) is 22.6 Å². The topological polar surface area (TPSA) is 68.2 Å². The van der Waals surface area contributed by atoms with Crippen molar-refractivity contribution in [3.63, 3.8) is 0 Å². The molecule has 0 aromatic heterocycles. The van der Waals surface area contributed by atoms with Gasteiger partial charge in [0.25, 0.3) is 0 Å². The van der Waals surface area contributed by atoms with Gasteiger partial charge in [-0.1, -0.05) is 42.5 Å². The molecular formula is C33H34N2O4P2. The number of ether oxygens (including phenoxy) is 2. The molecule has 4 rings (SSSR count). The summed E-state index contributed by atoms with van der Waals surface area (Å²) in [6.07, 6.45) is 5.48. The third kappa shape index (κ3) is 8.57. The summed E-state index contributed by atoms with van der Waals surface area (Å²) in [5, 5.41) is 6.02. The Morgan fingerprint density at radius 2 is 1.22 bits per heavy atom. The van der Waals surface area contributed by atoms with Crippen LogP contribution in [0.4, 0.5) is 0 Å². The maximum atomic E-state index is 12.9. The second-order valence-electron chi connectivity index (χ2n) is 9.62. The third-order valence-electron chi connectivity index (χ3n) is 6.28. The van der Waals surface area contributed by atoms with Gasteiger partial charge in [0.15, 0.2) is 0 Å². The molecule has 0 saturated carbocycles. The smallest absolute Gasteiger partial charge is 0.343 e. The molecule has 0 saturated heterocycles. The van der Waals surface area contributed by atoms with Gasteiger partial charge in [-0.15, -0.1) is 18.5 Å². The number of hydrogen-bond donors (Lipinski definition) is 0. The van der Waals surface area contributed by atoms with Crippen molar-refractivity contribution in [3.05, 3.63) is 119 Å². The van der Waals surface area contributed by atoms with Crippen molar-refractivity contribution in [2.24, 2.45) is 5.10 Å². The largest absolute Gasteiger partial charge is 0.423 e. The van der Waals surface area contributed by atoms with Crippen molar-refractivity contribution in [1.29, 1.82) is 0 Å². The number of carbonyl (C=O) groups is 2. The van der Waals surface area contributed by atoms with Crippen molar-refractivity contribution >= 4 is 36.6 Å². The summed E-state index contributed by atoms with van der Waals surface area (Å²) in [5.41, 5.74) is 5.80. The zero-order valence-corrected chi connectivity index (χ0v) is 25.6. The molecule has 4 aromatic rings. The lowest BCUT2D eigenvalue weighted by molar-refractivity contribution is 0.0725. The Labute approximate surface area is 246 Å². The zero-order chi connectivity index (χ0) is 29.2. The van der Waals surface area contributed by atoms with Crippen LogP contribution in [0.3, 0.4) is 0 Å². The minimum Gasteiger partial charge on any atom is -0.423 e. The fourth-order valence-corrected chi connectivity index (χ4v) is 4.75. The number of aryl methyl sites for hydroxylation is 2. The average Bonchev–Trinajstić information content (AvgIpc) is 2.98. The predicted molar refractivity (Wildman–Crippen MR) is 173 cm³/mol. The molecule has 0 heterocycles. The molecule has 0 N–H and O–H groups in total. The fourth-order valence-electron chi connectivity index (χ4n) is 4.09. The fraction of sp³-hybridized carbons (Fsp3) is 0.182. The molecule has 0 radical (unpaired) electrons. The van der Waals surface area contributed by atoms with E-state index >= 15 is 0 Å². The van der Waals surface area contributed by atoms with Crippen LogP contribution in [0.2, 0.25) is 0 Å². The molecule has 0 aliphatic heterocycles. The molecule has 0 bridgehead atoms. The summed E-state index contributed by atoms with van der Waals surface area (Å²) in [6.45, 7) is 0. The summed E-state index contributed by atoms with van der Waals surface area (Å²) in [6, 6.07) is 27.8. The Kier molecular flexibility index (Phi) is 10.8. The highest BCUT2D eigenvalue weighted by Gasteiger charge is 2.14. The van der Waals surface area contributed by atoms with Gasteiger partial charge in [-0.25, -0.2) is 9.59 Å². The van der Waals surface area contributed by atoms with Crippen molar-refractivity contribution in [1.82, 2.24) is 5.01 Å². The van der Waals surface area contributed by atoms with E-state index in [1.165, 1.54) is 11.1 Å². The van der Waals surface area contributed by atoms with Crippen molar-refractivity contribution in [2.45, 2.75) is 12.8 Å². The maximum Gasteiger partial charge on any atom is 0.343 e. The van der Waals surface area contributed by atoms with Gasteiger partial charge >= 0.3 is 11.9 Å². The van der Waals surface area contributed by atoms with Gasteiger partial charge in [-0.2, -0.15) is 5.10 Å². The highest BCUT2D eigenvalue weighted by atomic mass is 31.0. The van der Waals surface area contributed by atoms with Crippen LogP contribution in [0, 0.1) is 0 Å². The van der Waals surface area contributed by atoms with E-state index in [0.29, 0.717) is 28.2 Å². The first-order chi connectivity index (χ1) is 19.9.